The van der Waals surface area contributed by atoms with Crippen LogP contribution < -0.4 is 5.73 Å². The first-order valence-electron chi connectivity index (χ1n) is 8.79. The summed E-state index contributed by atoms with van der Waals surface area (Å²) in [5.41, 5.74) is 9.03. The maximum atomic E-state index is 11.1. The molecule has 0 saturated carbocycles. The molecule has 4 nitrogen and oxygen atoms in total. The van der Waals surface area contributed by atoms with Crippen LogP contribution in [-0.4, -0.2) is 21.6 Å². The summed E-state index contributed by atoms with van der Waals surface area (Å²) >= 11 is 3.30. The van der Waals surface area contributed by atoms with E-state index < -0.39 is 0 Å². The fraction of sp³-hybridized carbons (Fsp3) is 0.350. The number of primary amides is 1. The van der Waals surface area contributed by atoms with Gasteiger partial charge in [0.15, 0.2) is 0 Å². The van der Waals surface area contributed by atoms with E-state index >= 15 is 0 Å². The van der Waals surface area contributed by atoms with Crippen molar-refractivity contribution >= 4 is 39.2 Å². The standard InChI is InChI=1S/C20H23N3OS2/c1-4-15-17(14-7-5-13(6-8-14)12(2)3)18-19(25-10-9-16(21)24)22-11-23-20(18)26-15/h5-8,11-12H,4,9-10H2,1-3H3,(H2,21,24). The van der Waals surface area contributed by atoms with Crippen molar-refractivity contribution in [3.8, 4) is 11.1 Å². The third-order valence-electron chi connectivity index (χ3n) is 4.30. The van der Waals surface area contributed by atoms with Gasteiger partial charge in [-0.05, 0) is 23.5 Å². The van der Waals surface area contributed by atoms with Gasteiger partial charge in [-0.25, -0.2) is 9.97 Å². The lowest BCUT2D eigenvalue weighted by atomic mass is 9.97. The Labute approximate surface area is 162 Å². The van der Waals surface area contributed by atoms with Crippen molar-refractivity contribution in [1.29, 1.82) is 0 Å². The second kappa shape index (κ2) is 8.18. The molecule has 1 aromatic carbocycles. The van der Waals surface area contributed by atoms with Crippen molar-refractivity contribution < 1.29 is 4.79 Å². The Morgan fingerprint density at radius 2 is 1.96 bits per heavy atom. The van der Waals surface area contributed by atoms with Gasteiger partial charge in [-0.15, -0.1) is 23.1 Å². The van der Waals surface area contributed by atoms with E-state index in [1.807, 2.05) is 0 Å². The molecule has 0 fully saturated rings. The Balaban J connectivity index is 2.08. The van der Waals surface area contributed by atoms with Crippen LogP contribution in [-0.2, 0) is 11.2 Å². The predicted octanol–water partition coefficient (Wildman–Crippen LogP) is 5.01. The lowest BCUT2D eigenvalue weighted by molar-refractivity contribution is -0.117. The van der Waals surface area contributed by atoms with Crippen molar-refractivity contribution in [3.05, 3.63) is 41.0 Å². The third-order valence-corrected chi connectivity index (χ3v) is 6.53. The highest BCUT2D eigenvalue weighted by molar-refractivity contribution is 7.99. The minimum atomic E-state index is -0.285. The molecule has 3 aromatic rings. The van der Waals surface area contributed by atoms with Crippen molar-refractivity contribution in [2.45, 2.75) is 44.6 Å². The molecule has 0 bridgehead atoms. The molecule has 0 radical (unpaired) electrons. The van der Waals surface area contributed by atoms with E-state index in [2.05, 4.69) is 55.0 Å². The number of nitrogens with two attached hydrogens (primary N) is 1. The van der Waals surface area contributed by atoms with Crippen LogP contribution in [0.15, 0.2) is 35.6 Å². The number of hydrogen-bond acceptors (Lipinski definition) is 5. The smallest absolute Gasteiger partial charge is 0.218 e. The molecule has 6 heteroatoms. The van der Waals surface area contributed by atoms with E-state index in [9.17, 15) is 4.79 Å². The number of thioether (sulfide) groups is 1. The first-order chi connectivity index (χ1) is 12.5. The lowest BCUT2D eigenvalue weighted by Crippen LogP contribution is -2.10. The zero-order valence-electron chi connectivity index (χ0n) is 15.3. The number of amides is 1. The molecule has 26 heavy (non-hydrogen) atoms. The molecule has 2 N–H and O–H groups in total. The van der Waals surface area contributed by atoms with Crippen LogP contribution >= 0.6 is 23.1 Å². The number of nitrogens with zero attached hydrogens (tertiary/aromatic N) is 2. The molecule has 136 valence electrons. The third kappa shape index (κ3) is 3.91. The van der Waals surface area contributed by atoms with Crippen molar-refractivity contribution in [1.82, 2.24) is 9.97 Å². The highest BCUT2D eigenvalue weighted by Gasteiger charge is 2.18. The van der Waals surface area contributed by atoms with Gasteiger partial charge in [0.25, 0.3) is 0 Å². The Morgan fingerprint density at radius 3 is 2.58 bits per heavy atom. The molecule has 0 aliphatic heterocycles. The Kier molecular flexibility index (Phi) is 5.94. The van der Waals surface area contributed by atoms with Gasteiger partial charge < -0.3 is 5.73 Å². The van der Waals surface area contributed by atoms with Gasteiger partial charge in [0.2, 0.25) is 5.91 Å². The molecule has 2 heterocycles. The Hall–Kier alpha value is -1.92. The maximum Gasteiger partial charge on any atom is 0.218 e. The topological polar surface area (TPSA) is 68.9 Å². The van der Waals surface area contributed by atoms with Gasteiger partial charge in [-0.2, -0.15) is 0 Å². The van der Waals surface area contributed by atoms with E-state index in [4.69, 9.17) is 5.73 Å². The molecular formula is C20H23N3OS2. The zero-order chi connectivity index (χ0) is 18.7. The van der Waals surface area contributed by atoms with Gasteiger partial charge in [-0.3, -0.25) is 4.79 Å². The van der Waals surface area contributed by atoms with E-state index in [1.54, 1.807) is 29.4 Å². The molecule has 3 rings (SSSR count). The van der Waals surface area contributed by atoms with Crippen LogP contribution in [0, 0.1) is 0 Å². The second-order valence-corrected chi connectivity index (χ2v) is 8.62. The normalized spacial score (nSPS) is 11.4. The van der Waals surface area contributed by atoms with Gasteiger partial charge in [-0.1, -0.05) is 45.0 Å². The summed E-state index contributed by atoms with van der Waals surface area (Å²) in [7, 11) is 0. The number of carbonyl (C=O) groups is 1. The summed E-state index contributed by atoms with van der Waals surface area (Å²) in [4.78, 5) is 22.4. The lowest BCUT2D eigenvalue weighted by Gasteiger charge is -2.09. The van der Waals surface area contributed by atoms with Crippen LogP contribution in [0.5, 0.6) is 0 Å². The molecule has 2 aromatic heterocycles. The number of fused-ring (bicyclic) bond motifs is 1. The summed E-state index contributed by atoms with van der Waals surface area (Å²) in [6, 6.07) is 8.79. The summed E-state index contributed by atoms with van der Waals surface area (Å²) in [6.45, 7) is 6.58. The van der Waals surface area contributed by atoms with Gasteiger partial charge in [0.1, 0.15) is 16.2 Å². The molecule has 0 aliphatic carbocycles. The molecule has 0 atom stereocenters. The highest BCUT2D eigenvalue weighted by Crippen LogP contribution is 2.42. The number of aromatic nitrogens is 2. The van der Waals surface area contributed by atoms with E-state index in [-0.39, 0.29) is 5.91 Å². The van der Waals surface area contributed by atoms with Crippen molar-refractivity contribution in [2.75, 3.05) is 5.75 Å². The monoisotopic (exact) mass is 385 g/mol. The zero-order valence-corrected chi connectivity index (χ0v) is 16.9. The first kappa shape index (κ1) is 18.9. The number of hydrogen-bond donors (Lipinski definition) is 1. The SMILES string of the molecule is CCc1sc2ncnc(SCCC(N)=O)c2c1-c1ccc(C(C)C)cc1. The van der Waals surface area contributed by atoms with Gasteiger partial charge in [0.05, 0.1) is 5.39 Å². The minimum absolute atomic E-state index is 0.285. The molecule has 1 amide bonds. The minimum Gasteiger partial charge on any atom is -0.370 e. The van der Waals surface area contributed by atoms with Crippen LogP contribution in [0.2, 0.25) is 0 Å². The summed E-state index contributed by atoms with van der Waals surface area (Å²) in [5.74, 6) is 0.855. The molecule has 0 unspecified atom stereocenters. The highest BCUT2D eigenvalue weighted by atomic mass is 32.2. The van der Waals surface area contributed by atoms with Gasteiger partial charge in [0, 0.05) is 22.6 Å². The fourth-order valence-electron chi connectivity index (χ4n) is 2.90. The van der Waals surface area contributed by atoms with Crippen LogP contribution in [0.4, 0.5) is 0 Å². The van der Waals surface area contributed by atoms with E-state index in [0.29, 0.717) is 18.1 Å². The summed E-state index contributed by atoms with van der Waals surface area (Å²) < 4.78 is 0. The molecule has 0 aliphatic rings. The van der Waals surface area contributed by atoms with Crippen molar-refractivity contribution in [2.24, 2.45) is 5.73 Å². The first-order valence-corrected chi connectivity index (χ1v) is 10.6. The predicted molar refractivity (Wildman–Crippen MR) is 111 cm³/mol. The molecular weight excluding hydrogens is 362 g/mol. The quantitative estimate of drug-likeness (QED) is 0.458. The largest absolute Gasteiger partial charge is 0.370 e. The van der Waals surface area contributed by atoms with E-state index in [1.165, 1.54) is 21.6 Å². The number of carbonyl (C=O) groups excluding carboxylic acids is 1. The average Bonchev–Trinajstić information content (AvgIpc) is 3.01. The second-order valence-electron chi connectivity index (χ2n) is 6.45. The van der Waals surface area contributed by atoms with E-state index in [0.717, 1.165) is 21.7 Å². The molecule has 0 spiro atoms. The summed E-state index contributed by atoms with van der Waals surface area (Å²) in [5, 5.41) is 2.02. The fourth-order valence-corrected chi connectivity index (χ4v) is 5.03. The maximum absolute atomic E-state index is 11.1. The number of benzene rings is 1. The average molecular weight is 386 g/mol. The molecule has 0 saturated heterocycles. The Morgan fingerprint density at radius 1 is 1.23 bits per heavy atom. The van der Waals surface area contributed by atoms with Crippen molar-refractivity contribution in [3.63, 3.8) is 0 Å². The number of aryl methyl sites for hydroxylation is 1. The van der Waals surface area contributed by atoms with Gasteiger partial charge >= 0.3 is 0 Å². The van der Waals surface area contributed by atoms with Crippen LogP contribution in [0.1, 0.15) is 43.6 Å². The number of thiophene rings is 1. The van der Waals surface area contributed by atoms with Crippen LogP contribution in [0.3, 0.4) is 0 Å². The summed E-state index contributed by atoms with van der Waals surface area (Å²) in [6.07, 6.45) is 2.91. The Bertz CT molecular complexity index is 917. The van der Waals surface area contributed by atoms with Crippen LogP contribution in [0.25, 0.3) is 21.3 Å². The number of rotatable bonds is 7.